The van der Waals surface area contributed by atoms with Crippen molar-refractivity contribution in [1.82, 2.24) is 5.43 Å². The first-order chi connectivity index (χ1) is 9.27. The number of aryl methyl sites for hydroxylation is 1. The van der Waals surface area contributed by atoms with E-state index in [2.05, 4.69) is 43.5 Å². The summed E-state index contributed by atoms with van der Waals surface area (Å²) >= 11 is 0. The average Bonchev–Trinajstić information content (AvgIpc) is 2.43. The molecule has 0 heterocycles. The van der Waals surface area contributed by atoms with Crippen molar-refractivity contribution in [3.05, 3.63) is 35.4 Å². The highest BCUT2D eigenvalue weighted by Crippen LogP contribution is 2.20. The van der Waals surface area contributed by atoms with E-state index in [1.807, 2.05) is 0 Å². The molecule has 1 atom stereocenters. The molecule has 0 aromatic heterocycles. The first-order valence-corrected chi connectivity index (χ1v) is 7.80. The van der Waals surface area contributed by atoms with Crippen LogP contribution < -0.4 is 11.3 Å². The molecular weight excluding hydrogens is 232 g/mol. The van der Waals surface area contributed by atoms with Gasteiger partial charge in [0.25, 0.3) is 0 Å². The van der Waals surface area contributed by atoms with E-state index in [0.717, 1.165) is 6.42 Å². The summed E-state index contributed by atoms with van der Waals surface area (Å²) in [6.45, 7) is 4.38. The topological polar surface area (TPSA) is 38.0 Å². The normalized spacial score (nSPS) is 12.6. The number of hydrogen-bond donors (Lipinski definition) is 2. The second-order valence-electron chi connectivity index (χ2n) is 5.54. The van der Waals surface area contributed by atoms with Gasteiger partial charge in [0.05, 0.1) is 0 Å². The molecule has 0 saturated heterocycles. The fourth-order valence-electron chi connectivity index (χ4n) is 2.45. The summed E-state index contributed by atoms with van der Waals surface area (Å²) in [6, 6.07) is 8.98. The molecule has 1 rings (SSSR count). The van der Waals surface area contributed by atoms with E-state index in [4.69, 9.17) is 5.84 Å². The molecule has 0 saturated carbocycles. The maximum atomic E-state index is 5.67. The van der Waals surface area contributed by atoms with Gasteiger partial charge in [-0.2, -0.15) is 0 Å². The van der Waals surface area contributed by atoms with Crippen LogP contribution in [-0.2, 0) is 0 Å². The largest absolute Gasteiger partial charge is 0.271 e. The maximum Gasteiger partial charge on any atom is 0.0460 e. The van der Waals surface area contributed by atoms with Crippen LogP contribution in [0.3, 0.4) is 0 Å². The van der Waals surface area contributed by atoms with Gasteiger partial charge >= 0.3 is 0 Å². The molecular formula is C17H30N2. The Bertz CT molecular complexity index is 319. The summed E-state index contributed by atoms with van der Waals surface area (Å²) in [5.74, 6) is 5.67. The Morgan fingerprint density at radius 1 is 0.947 bits per heavy atom. The van der Waals surface area contributed by atoms with E-state index < -0.39 is 0 Å². The summed E-state index contributed by atoms with van der Waals surface area (Å²) in [7, 11) is 0. The quantitative estimate of drug-likeness (QED) is 0.366. The number of rotatable bonds is 10. The van der Waals surface area contributed by atoms with Gasteiger partial charge in [0.15, 0.2) is 0 Å². The summed E-state index contributed by atoms with van der Waals surface area (Å²) in [5, 5.41) is 0. The third-order valence-electron chi connectivity index (χ3n) is 3.78. The van der Waals surface area contributed by atoms with E-state index in [9.17, 15) is 0 Å². The molecule has 0 fully saturated rings. The number of nitrogens with one attached hydrogen (secondary N) is 1. The van der Waals surface area contributed by atoms with Gasteiger partial charge in [-0.1, -0.05) is 81.7 Å². The van der Waals surface area contributed by atoms with Gasteiger partial charge < -0.3 is 0 Å². The van der Waals surface area contributed by atoms with E-state index >= 15 is 0 Å². The van der Waals surface area contributed by atoms with E-state index in [1.54, 1.807) is 0 Å². The Balaban J connectivity index is 2.20. The Hall–Kier alpha value is -0.860. The van der Waals surface area contributed by atoms with Crippen LogP contribution in [0.5, 0.6) is 0 Å². The van der Waals surface area contributed by atoms with Crippen molar-refractivity contribution < 1.29 is 0 Å². The molecule has 0 aliphatic rings. The molecule has 2 heteroatoms. The van der Waals surface area contributed by atoms with Crippen LogP contribution in [0, 0.1) is 6.92 Å². The average molecular weight is 262 g/mol. The van der Waals surface area contributed by atoms with Crippen LogP contribution in [-0.4, -0.2) is 0 Å². The smallest absolute Gasteiger partial charge is 0.0460 e. The monoisotopic (exact) mass is 262 g/mol. The molecule has 0 amide bonds. The SMILES string of the molecule is CCCCCCCCCC(NN)c1ccc(C)cc1. The highest BCUT2D eigenvalue weighted by Gasteiger charge is 2.08. The van der Waals surface area contributed by atoms with Gasteiger partial charge in [-0.3, -0.25) is 11.3 Å². The lowest BCUT2D eigenvalue weighted by molar-refractivity contribution is 0.476. The first kappa shape index (κ1) is 16.2. The van der Waals surface area contributed by atoms with Gasteiger partial charge in [0, 0.05) is 6.04 Å². The number of unbranched alkanes of at least 4 members (excludes halogenated alkanes) is 6. The van der Waals surface area contributed by atoms with Crippen molar-refractivity contribution in [3.63, 3.8) is 0 Å². The predicted molar refractivity (Wildman–Crippen MR) is 83.9 cm³/mol. The Kier molecular flexibility index (Phi) is 8.52. The fraction of sp³-hybridized carbons (Fsp3) is 0.647. The summed E-state index contributed by atoms with van der Waals surface area (Å²) in [4.78, 5) is 0. The molecule has 0 aliphatic heterocycles. The molecule has 1 aromatic rings. The van der Waals surface area contributed by atoms with Gasteiger partial charge in [-0.25, -0.2) is 0 Å². The van der Waals surface area contributed by atoms with Crippen molar-refractivity contribution in [2.45, 2.75) is 71.3 Å². The van der Waals surface area contributed by atoms with Crippen molar-refractivity contribution in [2.75, 3.05) is 0 Å². The van der Waals surface area contributed by atoms with Crippen molar-refractivity contribution >= 4 is 0 Å². The lowest BCUT2D eigenvalue weighted by atomic mass is 9.99. The molecule has 0 radical (unpaired) electrons. The van der Waals surface area contributed by atoms with Crippen LogP contribution in [0.25, 0.3) is 0 Å². The minimum atomic E-state index is 0.302. The first-order valence-electron chi connectivity index (χ1n) is 7.80. The molecule has 1 aromatic carbocycles. The zero-order valence-corrected chi connectivity index (χ0v) is 12.6. The van der Waals surface area contributed by atoms with Crippen LogP contribution in [0.4, 0.5) is 0 Å². The molecule has 19 heavy (non-hydrogen) atoms. The molecule has 0 spiro atoms. The van der Waals surface area contributed by atoms with Crippen molar-refractivity contribution in [3.8, 4) is 0 Å². The van der Waals surface area contributed by atoms with Gasteiger partial charge in [-0.15, -0.1) is 0 Å². The number of benzene rings is 1. The summed E-state index contributed by atoms with van der Waals surface area (Å²) in [5.41, 5.74) is 5.56. The minimum Gasteiger partial charge on any atom is -0.271 e. The van der Waals surface area contributed by atoms with Crippen LogP contribution >= 0.6 is 0 Å². The van der Waals surface area contributed by atoms with Gasteiger partial charge in [0.2, 0.25) is 0 Å². The van der Waals surface area contributed by atoms with E-state index in [1.165, 1.54) is 56.1 Å². The highest BCUT2D eigenvalue weighted by molar-refractivity contribution is 5.23. The molecule has 2 nitrogen and oxygen atoms in total. The molecule has 3 N–H and O–H groups in total. The summed E-state index contributed by atoms with van der Waals surface area (Å²) in [6.07, 6.45) is 10.6. The molecule has 0 bridgehead atoms. The Labute approximate surface area is 118 Å². The number of hydrogen-bond acceptors (Lipinski definition) is 2. The zero-order chi connectivity index (χ0) is 13.9. The zero-order valence-electron chi connectivity index (χ0n) is 12.6. The van der Waals surface area contributed by atoms with E-state index in [0.29, 0.717) is 6.04 Å². The predicted octanol–water partition coefficient (Wildman–Crippen LogP) is 4.64. The fourth-order valence-corrected chi connectivity index (χ4v) is 2.45. The van der Waals surface area contributed by atoms with Crippen LogP contribution in [0.15, 0.2) is 24.3 Å². The second-order valence-corrected chi connectivity index (χ2v) is 5.54. The van der Waals surface area contributed by atoms with Gasteiger partial charge in [0.1, 0.15) is 0 Å². The minimum absolute atomic E-state index is 0.302. The van der Waals surface area contributed by atoms with Crippen molar-refractivity contribution in [1.29, 1.82) is 0 Å². The molecule has 108 valence electrons. The highest BCUT2D eigenvalue weighted by atomic mass is 15.2. The Morgan fingerprint density at radius 2 is 1.53 bits per heavy atom. The van der Waals surface area contributed by atoms with Crippen molar-refractivity contribution in [2.24, 2.45) is 5.84 Å². The second kappa shape index (κ2) is 9.99. The summed E-state index contributed by atoms with van der Waals surface area (Å²) < 4.78 is 0. The maximum absolute atomic E-state index is 5.67. The third-order valence-corrected chi connectivity index (χ3v) is 3.78. The molecule has 1 unspecified atom stereocenters. The van der Waals surface area contributed by atoms with Crippen LogP contribution in [0.1, 0.15) is 75.5 Å². The molecule has 0 aliphatic carbocycles. The standard InChI is InChI=1S/C17H30N2/c1-3-4-5-6-7-8-9-10-17(19-18)16-13-11-15(2)12-14-16/h11-14,17,19H,3-10,18H2,1-2H3. The Morgan fingerprint density at radius 3 is 2.11 bits per heavy atom. The third kappa shape index (κ3) is 6.74. The number of nitrogens with two attached hydrogens (primary N) is 1. The van der Waals surface area contributed by atoms with E-state index in [-0.39, 0.29) is 0 Å². The lowest BCUT2D eigenvalue weighted by Crippen LogP contribution is -2.27. The number of hydrazine groups is 1. The van der Waals surface area contributed by atoms with Gasteiger partial charge in [-0.05, 0) is 18.9 Å². The lowest BCUT2D eigenvalue weighted by Gasteiger charge is -2.16. The van der Waals surface area contributed by atoms with Crippen LogP contribution in [0.2, 0.25) is 0 Å².